The fraction of sp³-hybridized carbons (Fsp3) is 0.682. The third-order valence-electron chi connectivity index (χ3n) is 4.88. The maximum atomic E-state index is 5.66. The van der Waals surface area contributed by atoms with Crippen LogP contribution in [0.15, 0.2) is 17.1 Å². The van der Waals surface area contributed by atoms with Crippen LogP contribution in [0.3, 0.4) is 0 Å². The Kier molecular flexibility index (Phi) is 15.5. The maximum Gasteiger partial charge on any atom is 0.203 e. The number of halogens is 1. The van der Waals surface area contributed by atoms with Crippen LogP contribution < -0.4 is 24.8 Å². The molecule has 1 aromatic rings. The van der Waals surface area contributed by atoms with Crippen molar-refractivity contribution in [1.29, 1.82) is 0 Å². The Morgan fingerprint density at radius 1 is 1.10 bits per heavy atom. The molecule has 174 valence electrons. The van der Waals surface area contributed by atoms with E-state index < -0.39 is 0 Å². The highest BCUT2D eigenvalue weighted by atomic mass is 127. The van der Waals surface area contributed by atoms with Gasteiger partial charge in [0.05, 0.1) is 20.8 Å². The van der Waals surface area contributed by atoms with Crippen molar-refractivity contribution in [2.45, 2.75) is 53.1 Å². The van der Waals surface area contributed by atoms with E-state index in [9.17, 15) is 0 Å². The molecule has 1 aromatic carbocycles. The first-order chi connectivity index (χ1) is 14.0. The van der Waals surface area contributed by atoms with Gasteiger partial charge in [-0.05, 0) is 64.0 Å². The van der Waals surface area contributed by atoms with E-state index in [1.165, 1.54) is 6.42 Å². The van der Waals surface area contributed by atoms with Crippen LogP contribution in [0.5, 0.6) is 17.2 Å². The lowest BCUT2D eigenvalue weighted by Crippen LogP contribution is -2.42. The van der Waals surface area contributed by atoms with Crippen LogP contribution in [0.4, 0.5) is 0 Å². The van der Waals surface area contributed by atoms with Crippen molar-refractivity contribution in [3.8, 4) is 17.2 Å². The quantitative estimate of drug-likeness (QED) is 0.227. The van der Waals surface area contributed by atoms with Gasteiger partial charge in [0, 0.05) is 19.6 Å². The van der Waals surface area contributed by atoms with Crippen LogP contribution in [-0.2, 0) is 6.54 Å². The summed E-state index contributed by atoms with van der Waals surface area (Å²) in [5, 5.41) is 6.84. The van der Waals surface area contributed by atoms with E-state index in [1.807, 2.05) is 19.1 Å². The van der Waals surface area contributed by atoms with Crippen LogP contribution in [0, 0.1) is 0 Å². The summed E-state index contributed by atoms with van der Waals surface area (Å²) in [7, 11) is 5.06. The van der Waals surface area contributed by atoms with Gasteiger partial charge in [-0.1, -0.05) is 13.8 Å². The fourth-order valence-corrected chi connectivity index (χ4v) is 3.17. The van der Waals surface area contributed by atoms with Gasteiger partial charge in [0.2, 0.25) is 5.75 Å². The average molecular weight is 536 g/mol. The predicted molar refractivity (Wildman–Crippen MR) is 136 cm³/mol. The molecule has 8 heteroatoms. The maximum absolute atomic E-state index is 5.66. The third kappa shape index (κ3) is 9.59. The van der Waals surface area contributed by atoms with Crippen molar-refractivity contribution in [2.24, 2.45) is 4.99 Å². The molecule has 0 saturated carbocycles. The molecule has 0 spiro atoms. The van der Waals surface area contributed by atoms with Crippen LogP contribution in [0.25, 0.3) is 0 Å². The Bertz CT molecular complexity index is 599. The van der Waals surface area contributed by atoms with E-state index in [1.54, 1.807) is 21.3 Å². The minimum Gasteiger partial charge on any atom is -0.493 e. The molecule has 1 atom stereocenters. The van der Waals surface area contributed by atoms with Gasteiger partial charge in [0.15, 0.2) is 17.5 Å². The second-order valence-electron chi connectivity index (χ2n) is 6.90. The smallest absolute Gasteiger partial charge is 0.203 e. The SMILES string of the molecule is CCOc1c(OC)cc(CNC(=NC)NC(C)CCCN(CC)CC)cc1OC.I. The van der Waals surface area contributed by atoms with Gasteiger partial charge in [0.1, 0.15) is 0 Å². The molecule has 1 unspecified atom stereocenters. The first-order valence-corrected chi connectivity index (χ1v) is 10.6. The van der Waals surface area contributed by atoms with Crippen LogP contribution in [0.1, 0.15) is 46.1 Å². The van der Waals surface area contributed by atoms with Crippen molar-refractivity contribution in [2.75, 3.05) is 47.5 Å². The molecule has 0 heterocycles. The number of nitrogens with one attached hydrogen (secondary N) is 2. The lowest BCUT2D eigenvalue weighted by Gasteiger charge is -2.21. The highest BCUT2D eigenvalue weighted by Crippen LogP contribution is 2.38. The summed E-state index contributed by atoms with van der Waals surface area (Å²) < 4.78 is 16.6. The molecule has 7 nitrogen and oxygen atoms in total. The normalized spacial score (nSPS) is 12.2. The molecular formula is C22H41IN4O3. The number of guanidine groups is 1. The molecule has 0 fully saturated rings. The first-order valence-electron chi connectivity index (χ1n) is 10.6. The molecule has 0 radical (unpaired) electrons. The molecule has 0 saturated heterocycles. The van der Waals surface area contributed by atoms with Crippen molar-refractivity contribution in [1.82, 2.24) is 15.5 Å². The van der Waals surface area contributed by atoms with Gasteiger partial charge >= 0.3 is 0 Å². The zero-order valence-electron chi connectivity index (χ0n) is 19.7. The van der Waals surface area contributed by atoms with Gasteiger partial charge in [0.25, 0.3) is 0 Å². The van der Waals surface area contributed by atoms with Crippen LogP contribution in [0.2, 0.25) is 0 Å². The fourth-order valence-electron chi connectivity index (χ4n) is 3.17. The summed E-state index contributed by atoms with van der Waals surface area (Å²) in [6, 6.07) is 4.27. The highest BCUT2D eigenvalue weighted by molar-refractivity contribution is 14.0. The van der Waals surface area contributed by atoms with Crippen molar-refractivity contribution in [3.63, 3.8) is 0 Å². The molecule has 0 aromatic heterocycles. The van der Waals surface area contributed by atoms with E-state index in [2.05, 4.69) is 41.3 Å². The summed E-state index contributed by atoms with van der Waals surface area (Å²) in [6.07, 6.45) is 2.27. The number of hydrogen-bond acceptors (Lipinski definition) is 5. The summed E-state index contributed by atoms with van der Waals surface area (Å²) in [4.78, 5) is 6.80. The molecule has 0 bridgehead atoms. The lowest BCUT2D eigenvalue weighted by atomic mass is 10.1. The first kappa shape index (κ1) is 28.6. The largest absolute Gasteiger partial charge is 0.493 e. The zero-order valence-corrected chi connectivity index (χ0v) is 22.0. The molecule has 0 aliphatic carbocycles. The second kappa shape index (κ2) is 16.3. The highest BCUT2D eigenvalue weighted by Gasteiger charge is 2.14. The average Bonchev–Trinajstić information content (AvgIpc) is 2.74. The monoisotopic (exact) mass is 536 g/mol. The van der Waals surface area contributed by atoms with Gasteiger partial charge in [-0.25, -0.2) is 0 Å². The van der Waals surface area contributed by atoms with Crippen molar-refractivity contribution < 1.29 is 14.2 Å². The molecule has 0 aliphatic heterocycles. The van der Waals surface area contributed by atoms with Gasteiger partial charge in [-0.3, -0.25) is 4.99 Å². The Balaban J connectivity index is 0.00000841. The number of ether oxygens (including phenoxy) is 3. The summed E-state index contributed by atoms with van der Waals surface area (Å²) in [5.74, 6) is 2.74. The molecule has 0 aliphatic rings. The number of methoxy groups -OCH3 is 2. The van der Waals surface area contributed by atoms with Gasteiger partial charge in [-0.2, -0.15) is 0 Å². The van der Waals surface area contributed by atoms with E-state index in [-0.39, 0.29) is 24.0 Å². The number of benzene rings is 1. The Labute approximate surface area is 200 Å². The standard InChI is InChI=1S/C22H40N4O3.HI/c1-8-26(9-2)13-11-12-17(4)25-22(23-5)24-16-18-14-19(27-6)21(29-10-3)20(15-18)28-7;/h14-15,17H,8-13,16H2,1-7H3,(H2,23,24,25);1H. The Morgan fingerprint density at radius 3 is 2.17 bits per heavy atom. The van der Waals surface area contributed by atoms with Crippen molar-refractivity contribution >= 4 is 29.9 Å². The van der Waals surface area contributed by atoms with E-state index in [4.69, 9.17) is 14.2 Å². The summed E-state index contributed by atoms with van der Waals surface area (Å²) >= 11 is 0. The van der Waals surface area contributed by atoms with Crippen molar-refractivity contribution in [3.05, 3.63) is 17.7 Å². The number of aliphatic imine (C=N–C) groups is 1. The van der Waals surface area contributed by atoms with Crippen LogP contribution >= 0.6 is 24.0 Å². The summed E-state index contributed by atoms with van der Waals surface area (Å²) in [5.41, 5.74) is 1.03. The molecule has 0 amide bonds. The van der Waals surface area contributed by atoms with E-state index >= 15 is 0 Å². The minimum absolute atomic E-state index is 0. The predicted octanol–water partition coefficient (Wildman–Crippen LogP) is 3.90. The number of hydrogen-bond donors (Lipinski definition) is 2. The Hall–Kier alpha value is -1.42. The van der Waals surface area contributed by atoms with Gasteiger partial charge < -0.3 is 29.7 Å². The minimum atomic E-state index is 0. The zero-order chi connectivity index (χ0) is 21.6. The topological polar surface area (TPSA) is 67.4 Å². The van der Waals surface area contributed by atoms with Gasteiger partial charge in [-0.15, -0.1) is 24.0 Å². The molecular weight excluding hydrogens is 495 g/mol. The number of nitrogens with zero attached hydrogens (tertiary/aromatic N) is 2. The van der Waals surface area contributed by atoms with Crippen LogP contribution in [-0.4, -0.2) is 64.4 Å². The van der Waals surface area contributed by atoms with E-state index in [0.717, 1.165) is 37.6 Å². The molecule has 30 heavy (non-hydrogen) atoms. The number of rotatable bonds is 13. The summed E-state index contributed by atoms with van der Waals surface area (Å²) in [6.45, 7) is 13.1. The second-order valence-corrected chi connectivity index (χ2v) is 6.90. The van der Waals surface area contributed by atoms with E-state index in [0.29, 0.717) is 36.4 Å². The third-order valence-corrected chi connectivity index (χ3v) is 4.88. The lowest BCUT2D eigenvalue weighted by molar-refractivity contribution is 0.288. The molecule has 1 rings (SSSR count). The Morgan fingerprint density at radius 2 is 1.70 bits per heavy atom. The molecule has 2 N–H and O–H groups in total.